The molecule has 0 aliphatic rings. The van der Waals surface area contributed by atoms with Crippen molar-refractivity contribution >= 4 is 23.3 Å². The number of hydrogen-bond donors (Lipinski definition) is 2. The van der Waals surface area contributed by atoms with Crippen molar-refractivity contribution in [2.45, 2.75) is 20.4 Å². The zero-order valence-corrected chi connectivity index (χ0v) is 16.5. The molecule has 0 spiro atoms. The lowest BCUT2D eigenvalue weighted by Crippen LogP contribution is -2.38. The average molecular weight is 420 g/mol. The largest absolute Gasteiger partial charge is 0.478 e. The highest BCUT2D eigenvalue weighted by Gasteiger charge is 2.23. The Morgan fingerprint density at radius 3 is 2.53 bits per heavy atom. The molecule has 0 atom stereocenters. The Balaban J connectivity index is 2.34. The first-order valence-electron chi connectivity index (χ1n) is 8.72. The Bertz CT molecular complexity index is 1120. The van der Waals surface area contributed by atoms with Crippen molar-refractivity contribution in [1.82, 2.24) is 9.55 Å². The van der Waals surface area contributed by atoms with Crippen molar-refractivity contribution in [3.63, 3.8) is 0 Å². The van der Waals surface area contributed by atoms with Crippen molar-refractivity contribution in [3.05, 3.63) is 60.3 Å². The standard InChI is InChI=1S/C18H20N4O8/c1-9(2)7-21-15(19)14(16(24)20-18(21)26)12(23)8-30-13-5-4-10(17(25)29-3)6-11(13)22(27)28/h4-6,9H,7-8,19H2,1-3H3,(H,20,24,26). The molecule has 1 aromatic carbocycles. The third kappa shape index (κ3) is 4.71. The van der Waals surface area contributed by atoms with Crippen molar-refractivity contribution in [2.75, 3.05) is 19.5 Å². The molecule has 0 fully saturated rings. The lowest BCUT2D eigenvalue weighted by atomic mass is 10.1. The lowest BCUT2D eigenvalue weighted by Gasteiger charge is -2.14. The number of benzene rings is 1. The van der Waals surface area contributed by atoms with Crippen molar-refractivity contribution in [3.8, 4) is 5.75 Å². The van der Waals surface area contributed by atoms with Crippen LogP contribution in [0.4, 0.5) is 11.5 Å². The fourth-order valence-electron chi connectivity index (χ4n) is 2.65. The van der Waals surface area contributed by atoms with Gasteiger partial charge in [-0.15, -0.1) is 0 Å². The van der Waals surface area contributed by atoms with E-state index in [1.165, 1.54) is 6.07 Å². The number of aromatic nitrogens is 2. The van der Waals surface area contributed by atoms with E-state index in [9.17, 15) is 29.3 Å². The van der Waals surface area contributed by atoms with E-state index in [0.717, 1.165) is 23.8 Å². The van der Waals surface area contributed by atoms with Gasteiger partial charge in [0.1, 0.15) is 11.4 Å². The second-order valence-corrected chi connectivity index (χ2v) is 6.67. The summed E-state index contributed by atoms with van der Waals surface area (Å²) in [7, 11) is 1.12. The number of nitrogen functional groups attached to an aromatic ring is 1. The number of ketones is 1. The number of carbonyl (C=O) groups is 2. The zero-order valence-electron chi connectivity index (χ0n) is 16.5. The van der Waals surface area contributed by atoms with E-state index in [1.54, 1.807) is 0 Å². The summed E-state index contributed by atoms with van der Waals surface area (Å²) in [5, 5.41) is 11.3. The van der Waals surface area contributed by atoms with Gasteiger partial charge in [-0.05, 0) is 18.1 Å². The molecule has 0 saturated carbocycles. The van der Waals surface area contributed by atoms with E-state index in [4.69, 9.17) is 10.5 Å². The molecular formula is C18H20N4O8. The Kier molecular flexibility index (Phi) is 6.72. The molecule has 12 nitrogen and oxygen atoms in total. The van der Waals surface area contributed by atoms with Gasteiger partial charge in [-0.2, -0.15) is 0 Å². The predicted molar refractivity (Wildman–Crippen MR) is 105 cm³/mol. The minimum absolute atomic E-state index is 0.00563. The van der Waals surface area contributed by atoms with Crippen LogP contribution in [0.5, 0.6) is 5.75 Å². The maximum atomic E-state index is 12.5. The Morgan fingerprint density at radius 2 is 1.97 bits per heavy atom. The van der Waals surface area contributed by atoms with Crippen LogP contribution in [0.3, 0.4) is 0 Å². The van der Waals surface area contributed by atoms with Crippen LogP contribution in [-0.2, 0) is 11.3 Å². The van der Waals surface area contributed by atoms with E-state index in [-0.39, 0.29) is 29.6 Å². The number of H-pyrrole nitrogens is 1. The molecule has 0 saturated heterocycles. The van der Waals surface area contributed by atoms with Crippen LogP contribution in [0.2, 0.25) is 0 Å². The summed E-state index contributed by atoms with van der Waals surface area (Å²) in [6, 6.07) is 3.29. The number of nitrogens with zero attached hydrogens (tertiary/aromatic N) is 2. The van der Waals surface area contributed by atoms with Crippen LogP contribution in [0.1, 0.15) is 34.6 Å². The normalized spacial score (nSPS) is 10.7. The lowest BCUT2D eigenvalue weighted by molar-refractivity contribution is -0.385. The molecule has 0 unspecified atom stereocenters. The van der Waals surface area contributed by atoms with Crippen LogP contribution >= 0.6 is 0 Å². The van der Waals surface area contributed by atoms with E-state index in [0.29, 0.717) is 0 Å². The number of hydrogen-bond acceptors (Lipinski definition) is 9. The molecule has 2 aromatic rings. The number of carbonyl (C=O) groups excluding carboxylic acids is 2. The molecule has 160 valence electrons. The average Bonchev–Trinajstić information content (AvgIpc) is 2.68. The Hall–Kier alpha value is -3.96. The van der Waals surface area contributed by atoms with Crippen LogP contribution in [0.15, 0.2) is 27.8 Å². The Labute approximate surface area is 169 Å². The zero-order chi connectivity index (χ0) is 22.6. The van der Waals surface area contributed by atoms with Gasteiger partial charge in [0.2, 0.25) is 5.78 Å². The van der Waals surface area contributed by atoms with Crippen molar-refractivity contribution in [1.29, 1.82) is 0 Å². The number of aromatic amines is 1. The number of nitro benzene ring substituents is 1. The maximum absolute atomic E-state index is 12.5. The first kappa shape index (κ1) is 22.3. The predicted octanol–water partition coefficient (Wildman–Crippen LogP) is 0.731. The summed E-state index contributed by atoms with van der Waals surface area (Å²) >= 11 is 0. The third-order valence-corrected chi connectivity index (χ3v) is 4.00. The first-order chi connectivity index (χ1) is 14.1. The summed E-state index contributed by atoms with van der Waals surface area (Å²) in [6.07, 6.45) is 0. The summed E-state index contributed by atoms with van der Waals surface area (Å²) in [5.41, 5.74) is 2.99. The van der Waals surface area contributed by atoms with Crippen LogP contribution in [0, 0.1) is 16.0 Å². The second-order valence-electron chi connectivity index (χ2n) is 6.67. The van der Waals surface area contributed by atoms with E-state index in [1.807, 2.05) is 18.8 Å². The van der Waals surface area contributed by atoms with E-state index < -0.39 is 45.8 Å². The molecule has 3 N–H and O–H groups in total. The topological polar surface area (TPSA) is 177 Å². The molecule has 2 rings (SSSR count). The highest BCUT2D eigenvalue weighted by molar-refractivity contribution is 6.00. The number of nitrogens with one attached hydrogen (secondary N) is 1. The van der Waals surface area contributed by atoms with Crippen LogP contribution in [0.25, 0.3) is 0 Å². The number of anilines is 1. The number of nitro groups is 1. The van der Waals surface area contributed by atoms with E-state index in [2.05, 4.69) is 4.74 Å². The monoisotopic (exact) mass is 420 g/mol. The van der Waals surface area contributed by atoms with Crippen LogP contribution < -0.4 is 21.7 Å². The molecule has 0 aliphatic heterocycles. The van der Waals surface area contributed by atoms with Gasteiger partial charge >= 0.3 is 17.3 Å². The van der Waals surface area contributed by atoms with Crippen LogP contribution in [-0.4, -0.2) is 39.9 Å². The summed E-state index contributed by atoms with van der Waals surface area (Å²) in [4.78, 5) is 60.6. The van der Waals surface area contributed by atoms with Gasteiger partial charge in [0.05, 0.1) is 17.6 Å². The SMILES string of the molecule is COC(=O)c1ccc(OCC(=O)c2c(N)n(CC(C)C)c(=O)[nH]c2=O)c([N+](=O)[O-])c1. The fraction of sp³-hybridized carbons (Fsp3) is 0.333. The quantitative estimate of drug-likeness (QED) is 0.270. The number of ether oxygens (including phenoxy) is 2. The Morgan fingerprint density at radius 1 is 1.30 bits per heavy atom. The van der Waals surface area contributed by atoms with Gasteiger partial charge in [0.25, 0.3) is 5.56 Å². The second kappa shape index (κ2) is 9.03. The molecule has 12 heteroatoms. The highest BCUT2D eigenvalue weighted by Crippen LogP contribution is 2.28. The molecule has 0 aliphatic carbocycles. The highest BCUT2D eigenvalue weighted by atomic mass is 16.6. The molecule has 30 heavy (non-hydrogen) atoms. The molecule has 1 heterocycles. The first-order valence-corrected chi connectivity index (χ1v) is 8.72. The van der Waals surface area contributed by atoms with Gasteiger partial charge in [-0.3, -0.25) is 29.3 Å². The van der Waals surface area contributed by atoms with Crippen molar-refractivity contribution < 1.29 is 24.0 Å². The van der Waals surface area contributed by atoms with Gasteiger partial charge in [-0.25, -0.2) is 9.59 Å². The van der Waals surface area contributed by atoms with Gasteiger partial charge < -0.3 is 15.2 Å². The number of methoxy groups -OCH3 is 1. The number of rotatable bonds is 8. The number of Topliss-reactive ketones (excluding diaryl/α,β-unsaturated/α-hetero) is 1. The number of esters is 1. The minimum Gasteiger partial charge on any atom is -0.478 e. The van der Waals surface area contributed by atoms with Gasteiger partial charge in [0.15, 0.2) is 12.4 Å². The van der Waals surface area contributed by atoms with Crippen molar-refractivity contribution in [2.24, 2.45) is 5.92 Å². The van der Waals surface area contributed by atoms with E-state index >= 15 is 0 Å². The number of nitrogens with two attached hydrogens (primary N) is 1. The van der Waals surface area contributed by atoms with Gasteiger partial charge in [0, 0.05) is 12.6 Å². The molecule has 0 radical (unpaired) electrons. The fourth-order valence-corrected chi connectivity index (χ4v) is 2.65. The summed E-state index contributed by atoms with van der Waals surface area (Å²) in [6.45, 7) is 3.05. The third-order valence-electron chi connectivity index (χ3n) is 4.00. The molecule has 1 aromatic heterocycles. The van der Waals surface area contributed by atoms with Gasteiger partial charge in [-0.1, -0.05) is 13.8 Å². The molecular weight excluding hydrogens is 400 g/mol. The summed E-state index contributed by atoms with van der Waals surface area (Å²) in [5.74, 6) is -2.27. The minimum atomic E-state index is -0.985. The molecule has 0 amide bonds. The summed E-state index contributed by atoms with van der Waals surface area (Å²) < 4.78 is 10.8. The molecule has 0 bridgehead atoms. The maximum Gasteiger partial charge on any atom is 0.338 e. The smallest absolute Gasteiger partial charge is 0.338 e.